The normalized spacial score (nSPS) is 18.8. The second kappa shape index (κ2) is 8.76. The van der Waals surface area contributed by atoms with E-state index in [4.69, 9.17) is 5.11 Å². The highest BCUT2D eigenvalue weighted by molar-refractivity contribution is 6.11. The van der Waals surface area contributed by atoms with Gasteiger partial charge in [0.15, 0.2) is 0 Å². The van der Waals surface area contributed by atoms with Crippen LogP contribution in [-0.2, 0) is 26.8 Å². The molecule has 6 nitrogen and oxygen atoms in total. The molecule has 1 aromatic heterocycles. The van der Waals surface area contributed by atoms with Gasteiger partial charge in [-0.2, -0.15) is 5.26 Å². The van der Waals surface area contributed by atoms with Crippen LogP contribution in [-0.4, -0.2) is 22.0 Å². The van der Waals surface area contributed by atoms with Crippen molar-refractivity contribution in [3.63, 3.8) is 0 Å². The molecule has 2 aliphatic carbocycles. The van der Waals surface area contributed by atoms with E-state index in [1.54, 1.807) is 24.4 Å². The molecule has 1 amide bonds. The second-order valence-electron chi connectivity index (χ2n) is 10.3. The predicted octanol–water partition coefficient (Wildman–Crippen LogP) is 5.53. The Morgan fingerprint density at radius 1 is 1.11 bits per heavy atom. The third kappa shape index (κ3) is 4.18. The van der Waals surface area contributed by atoms with E-state index in [9.17, 15) is 14.9 Å². The number of carbonyl (C=O) groups excluding carboxylic acids is 1. The fraction of sp³-hybridized carbons (Fsp3) is 0.267. The van der Waals surface area contributed by atoms with Crippen LogP contribution in [0.1, 0.15) is 55.4 Å². The number of nitrogens with zero attached hydrogens (tertiary/aromatic N) is 2. The van der Waals surface area contributed by atoms with E-state index in [2.05, 4.69) is 54.5 Å². The number of anilines is 1. The molecule has 36 heavy (non-hydrogen) atoms. The van der Waals surface area contributed by atoms with E-state index in [0.717, 1.165) is 34.2 Å². The van der Waals surface area contributed by atoms with Crippen molar-refractivity contribution in [1.29, 1.82) is 5.26 Å². The van der Waals surface area contributed by atoms with Crippen molar-refractivity contribution in [3.8, 4) is 17.2 Å². The number of carbonyl (C=O) groups is 2. The molecule has 0 saturated carbocycles. The fourth-order valence-corrected chi connectivity index (χ4v) is 5.55. The van der Waals surface area contributed by atoms with Gasteiger partial charge in [0.2, 0.25) is 0 Å². The van der Waals surface area contributed by atoms with Gasteiger partial charge in [-0.25, -0.2) is 0 Å². The maximum Gasteiger partial charge on any atom is 0.303 e. The molecule has 1 spiro atoms. The highest BCUT2D eigenvalue weighted by Crippen LogP contribution is 2.62. The van der Waals surface area contributed by atoms with Crippen molar-refractivity contribution in [2.24, 2.45) is 0 Å². The molecule has 0 saturated heterocycles. The van der Waals surface area contributed by atoms with Gasteiger partial charge in [-0.05, 0) is 76.8 Å². The fourth-order valence-electron chi connectivity index (χ4n) is 5.55. The number of carboxylic acids is 1. The minimum absolute atomic E-state index is 0.0484. The third-order valence-corrected chi connectivity index (χ3v) is 7.30. The summed E-state index contributed by atoms with van der Waals surface area (Å²) in [5.41, 5.74) is 6.59. The molecule has 6 heteroatoms. The molecule has 1 atom stereocenters. The number of carboxylic acid groups (broad SMARTS) is 1. The van der Waals surface area contributed by atoms with Crippen LogP contribution in [0.3, 0.4) is 0 Å². The molecule has 2 aromatic carbocycles. The Bertz CT molecular complexity index is 1450. The first-order chi connectivity index (χ1) is 17.2. The number of benzene rings is 2. The number of nitrogens with one attached hydrogen (secondary N) is 1. The Labute approximate surface area is 210 Å². The summed E-state index contributed by atoms with van der Waals surface area (Å²) in [6.45, 7) is 4.42. The second-order valence-corrected chi connectivity index (χ2v) is 10.3. The number of pyridine rings is 1. The number of hydrogen-bond acceptors (Lipinski definition) is 4. The monoisotopic (exact) mass is 477 g/mol. The summed E-state index contributed by atoms with van der Waals surface area (Å²) in [6.07, 6.45) is 7.48. The number of fused-ring (bicyclic) bond motifs is 2. The van der Waals surface area contributed by atoms with Crippen LogP contribution in [0.4, 0.5) is 5.69 Å². The van der Waals surface area contributed by atoms with Crippen LogP contribution in [0.25, 0.3) is 11.1 Å². The molecule has 0 fully saturated rings. The highest BCUT2D eigenvalue weighted by atomic mass is 16.4. The van der Waals surface area contributed by atoms with Crippen molar-refractivity contribution in [3.05, 3.63) is 94.8 Å². The number of hydrogen-bond donors (Lipinski definition) is 2. The summed E-state index contributed by atoms with van der Waals surface area (Å²) in [5.74, 6) is -1.03. The highest BCUT2D eigenvalue weighted by Gasteiger charge is 2.58. The van der Waals surface area contributed by atoms with Crippen molar-refractivity contribution >= 4 is 17.6 Å². The molecule has 0 radical (unpaired) electrons. The molecule has 2 N–H and O–H groups in total. The zero-order valence-electron chi connectivity index (χ0n) is 20.3. The molecule has 0 aliphatic heterocycles. The molecule has 3 aromatic rings. The SMILES string of the molecule is CC1(C)C[C@]2(C=C2C(=O)Nc2cc(C#N)ccc2CCCC(=O)O)c2cc(-c3cccnc3)ccc21. The van der Waals surface area contributed by atoms with Gasteiger partial charge >= 0.3 is 5.97 Å². The lowest BCUT2D eigenvalue weighted by Gasteiger charge is -2.19. The van der Waals surface area contributed by atoms with Gasteiger partial charge in [-0.1, -0.05) is 44.2 Å². The molecule has 0 unspecified atom stereocenters. The zero-order chi connectivity index (χ0) is 25.5. The molecule has 2 aliphatic rings. The number of amides is 1. The Morgan fingerprint density at radius 3 is 2.67 bits per heavy atom. The Kier molecular flexibility index (Phi) is 5.72. The summed E-state index contributed by atoms with van der Waals surface area (Å²) in [6, 6.07) is 17.7. The van der Waals surface area contributed by atoms with Gasteiger partial charge in [0.05, 0.1) is 11.6 Å². The van der Waals surface area contributed by atoms with Crippen LogP contribution in [0.2, 0.25) is 0 Å². The number of aryl methyl sites for hydroxylation is 1. The predicted molar refractivity (Wildman–Crippen MR) is 137 cm³/mol. The van der Waals surface area contributed by atoms with Gasteiger partial charge in [0.25, 0.3) is 5.91 Å². The van der Waals surface area contributed by atoms with Crippen LogP contribution < -0.4 is 5.32 Å². The minimum atomic E-state index is -0.854. The lowest BCUT2D eigenvalue weighted by Crippen LogP contribution is -2.21. The number of aromatic nitrogens is 1. The van der Waals surface area contributed by atoms with Gasteiger partial charge in [-0.3, -0.25) is 14.6 Å². The summed E-state index contributed by atoms with van der Waals surface area (Å²) in [5, 5.41) is 21.4. The topological polar surface area (TPSA) is 103 Å². The van der Waals surface area contributed by atoms with E-state index < -0.39 is 11.4 Å². The smallest absolute Gasteiger partial charge is 0.303 e. The molecular formula is C30H27N3O3. The summed E-state index contributed by atoms with van der Waals surface area (Å²) in [4.78, 5) is 28.7. The van der Waals surface area contributed by atoms with Gasteiger partial charge in [0, 0.05) is 35.5 Å². The summed E-state index contributed by atoms with van der Waals surface area (Å²) in [7, 11) is 0. The average Bonchev–Trinajstić information content (AvgIpc) is 3.53. The first-order valence-corrected chi connectivity index (χ1v) is 12.1. The van der Waals surface area contributed by atoms with Gasteiger partial charge in [0.1, 0.15) is 0 Å². The van der Waals surface area contributed by atoms with Crippen molar-refractivity contribution in [1.82, 2.24) is 4.98 Å². The summed E-state index contributed by atoms with van der Waals surface area (Å²) < 4.78 is 0. The molecule has 180 valence electrons. The summed E-state index contributed by atoms with van der Waals surface area (Å²) >= 11 is 0. The van der Waals surface area contributed by atoms with Gasteiger partial charge < -0.3 is 10.4 Å². The van der Waals surface area contributed by atoms with Crippen LogP contribution in [0.5, 0.6) is 0 Å². The Hall–Kier alpha value is -4.24. The average molecular weight is 478 g/mol. The maximum absolute atomic E-state index is 13.5. The standard InChI is InChI=1S/C30H27N3O3/c1-29(2)18-30(24-14-21(10-11-23(24)29)22-6-4-12-32-17-22)15-25(30)28(36)33-26-13-19(16-31)8-9-20(26)5-3-7-27(34)35/h4,6,8-15,17H,3,5,7,18H2,1-2H3,(H,33,36)(H,34,35)/t30-/m1/s1. The van der Waals surface area contributed by atoms with Crippen LogP contribution >= 0.6 is 0 Å². The minimum Gasteiger partial charge on any atom is -0.481 e. The third-order valence-electron chi connectivity index (χ3n) is 7.30. The molecule has 0 bridgehead atoms. The number of allylic oxidation sites excluding steroid dienone is 1. The first kappa shape index (κ1) is 23.5. The van der Waals surface area contributed by atoms with Gasteiger partial charge in [-0.15, -0.1) is 0 Å². The van der Waals surface area contributed by atoms with Crippen molar-refractivity contribution < 1.29 is 14.7 Å². The van der Waals surface area contributed by atoms with Crippen LogP contribution in [0, 0.1) is 11.3 Å². The Balaban J connectivity index is 1.42. The first-order valence-electron chi connectivity index (χ1n) is 12.1. The van der Waals surface area contributed by atoms with E-state index in [1.165, 1.54) is 5.56 Å². The van der Waals surface area contributed by atoms with E-state index in [0.29, 0.717) is 24.1 Å². The van der Waals surface area contributed by atoms with Crippen LogP contribution in [0.15, 0.2) is 72.6 Å². The van der Waals surface area contributed by atoms with E-state index in [-0.39, 0.29) is 17.7 Å². The zero-order valence-corrected chi connectivity index (χ0v) is 20.3. The van der Waals surface area contributed by atoms with Crippen molar-refractivity contribution in [2.75, 3.05) is 5.32 Å². The van der Waals surface area contributed by atoms with E-state index >= 15 is 0 Å². The van der Waals surface area contributed by atoms with Crippen molar-refractivity contribution in [2.45, 2.75) is 50.4 Å². The molecule has 1 heterocycles. The number of nitriles is 1. The van der Waals surface area contributed by atoms with E-state index in [1.807, 2.05) is 18.3 Å². The lowest BCUT2D eigenvalue weighted by molar-refractivity contribution is -0.137. The maximum atomic E-state index is 13.5. The largest absolute Gasteiger partial charge is 0.481 e. The lowest BCUT2D eigenvalue weighted by atomic mass is 9.84. The molecular weight excluding hydrogens is 450 g/mol. The number of aliphatic carboxylic acids is 1. The Morgan fingerprint density at radius 2 is 1.94 bits per heavy atom. The number of rotatable bonds is 7. The quantitative estimate of drug-likeness (QED) is 0.466. The molecule has 5 rings (SSSR count).